The van der Waals surface area contributed by atoms with Crippen LogP contribution < -0.4 is 16.0 Å². The van der Waals surface area contributed by atoms with Crippen molar-refractivity contribution in [2.45, 2.75) is 58.2 Å². The van der Waals surface area contributed by atoms with E-state index < -0.39 is 23.6 Å². The highest BCUT2D eigenvalue weighted by atomic mass is 16.5. The van der Waals surface area contributed by atoms with Gasteiger partial charge in [-0.15, -0.1) is 0 Å². The zero-order valence-corrected chi connectivity index (χ0v) is 23.0. The van der Waals surface area contributed by atoms with Crippen molar-refractivity contribution in [2.24, 2.45) is 5.41 Å². The first kappa shape index (κ1) is 29.5. The molecule has 3 atom stereocenters. The van der Waals surface area contributed by atoms with Gasteiger partial charge in [0.25, 0.3) is 0 Å². The lowest BCUT2D eigenvalue weighted by atomic mass is 9.94. The largest absolute Gasteiger partial charge is 0.390 e. The number of aliphatic hydroxyl groups is 1. The minimum Gasteiger partial charge on any atom is -0.390 e. The molecule has 0 saturated carbocycles. The number of nitrogens with one attached hydrogen (secondary N) is 3. The number of methoxy groups -OCH3 is 1. The zero-order valence-electron chi connectivity index (χ0n) is 23.0. The summed E-state index contributed by atoms with van der Waals surface area (Å²) in [6.07, 6.45) is 0.792. The van der Waals surface area contributed by atoms with Gasteiger partial charge in [0.2, 0.25) is 17.7 Å². The normalized spacial score (nSPS) is 17.3. The molecule has 2 aromatic carbocycles. The van der Waals surface area contributed by atoms with Crippen molar-refractivity contribution >= 4 is 28.5 Å². The second-order valence-electron chi connectivity index (χ2n) is 10.9. The lowest BCUT2D eigenvalue weighted by Crippen LogP contribution is -2.55. The summed E-state index contributed by atoms with van der Waals surface area (Å²) in [6.45, 7) is 7.51. The van der Waals surface area contributed by atoms with Crippen molar-refractivity contribution in [3.63, 3.8) is 0 Å². The molecule has 4 N–H and O–H groups in total. The molecule has 1 heterocycles. The Balaban J connectivity index is 1.72. The van der Waals surface area contributed by atoms with Gasteiger partial charge in [-0.2, -0.15) is 0 Å². The monoisotopic (exact) mass is 526 g/mol. The SMILES string of the molecule is COCCNCC(O)CNC(=O)C(Cc1ccc2ccccc2c1)NC(=O)C1CCCN1C(=O)C(C)(C)C. The Morgan fingerprint density at radius 2 is 1.84 bits per heavy atom. The summed E-state index contributed by atoms with van der Waals surface area (Å²) in [5.74, 6) is -0.785. The molecule has 9 heteroatoms. The maximum atomic E-state index is 13.4. The molecule has 208 valence electrons. The van der Waals surface area contributed by atoms with E-state index in [0.29, 0.717) is 32.7 Å². The van der Waals surface area contributed by atoms with Gasteiger partial charge < -0.3 is 30.7 Å². The molecule has 1 aliphatic rings. The van der Waals surface area contributed by atoms with E-state index in [2.05, 4.69) is 16.0 Å². The number of amides is 3. The fourth-order valence-corrected chi connectivity index (χ4v) is 4.65. The van der Waals surface area contributed by atoms with Crippen LogP contribution in [0.4, 0.5) is 0 Å². The number of hydrogen-bond donors (Lipinski definition) is 4. The maximum absolute atomic E-state index is 13.4. The van der Waals surface area contributed by atoms with Crippen molar-refractivity contribution in [3.05, 3.63) is 48.0 Å². The number of nitrogens with zero attached hydrogens (tertiary/aromatic N) is 1. The first-order valence-corrected chi connectivity index (χ1v) is 13.3. The molecule has 0 spiro atoms. The molecule has 2 aromatic rings. The minimum absolute atomic E-state index is 0.0426. The van der Waals surface area contributed by atoms with Crippen LogP contribution in [-0.4, -0.2) is 85.8 Å². The van der Waals surface area contributed by atoms with Crippen molar-refractivity contribution in [2.75, 3.05) is 39.9 Å². The van der Waals surface area contributed by atoms with Gasteiger partial charge >= 0.3 is 0 Å². The maximum Gasteiger partial charge on any atom is 0.243 e. The highest BCUT2D eigenvalue weighted by Gasteiger charge is 2.39. The number of aliphatic hydroxyl groups excluding tert-OH is 1. The third-order valence-electron chi connectivity index (χ3n) is 6.72. The fraction of sp³-hybridized carbons (Fsp3) is 0.552. The lowest BCUT2D eigenvalue weighted by molar-refractivity contribution is -0.145. The quantitative estimate of drug-likeness (QED) is 0.312. The first-order valence-electron chi connectivity index (χ1n) is 13.3. The van der Waals surface area contributed by atoms with Crippen LogP contribution in [0.3, 0.4) is 0 Å². The van der Waals surface area contributed by atoms with Gasteiger partial charge in [-0.05, 0) is 29.2 Å². The molecule has 0 aromatic heterocycles. The summed E-state index contributed by atoms with van der Waals surface area (Å²) in [7, 11) is 1.60. The summed E-state index contributed by atoms with van der Waals surface area (Å²) >= 11 is 0. The standard InChI is InChI=1S/C29H42N4O5/c1-29(2,3)28(37)33-14-7-10-25(33)27(36)32-24(26(35)31-19-23(34)18-30-13-15-38-4)17-20-11-12-21-8-5-6-9-22(21)16-20/h5-6,8-9,11-12,16,23-25,30,34H,7,10,13-15,17-19H2,1-4H3,(H,31,35)(H,32,36). The van der Waals surface area contributed by atoms with Crippen LogP contribution in [-0.2, 0) is 25.5 Å². The first-order chi connectivity index (χ1) is 18.1. The lowest BCUT2D eigenvalue weighted by Gasteiger charge is -2.31. The van der Waals surface area contributed by atoms with Crippen molar-refractivity contribution in [1.82, 2.24) is 20.9 Å². The third-order valence-corrected chi connectivity index (χ3v) is 6.72. The Hall–Kier alpha value is -3.01. The van der Waals surface area contributed by atoms with E-state index in [-0.39, 0.29) is 30.7 Å². The van der Waals surface area contributed by atoms with Gasteiger partial charge in [0.15, 0.2) is 0 Å². The van der Waals surface area contributed by atoms with Gasteiger partial charge in [0.05, 0.1) is 12.7 Å². The number of carbonyl (C=O) groups excluding carboxylic acids is 3. The molecule has 9 nitrogen and oxygen atoms in total. The summed E-state index contributed by atoms with van der Waals surface area (Å²) in [4.78, 5) is 41.2. The number of carbonyl (C=O) groups is 3. The second kappa shape index (κ2) is 13.7. The number of fused-ring (bicyclic) bond motifs is 1. The number of ether oxygens (including phenoxy) is 1. The van der Waals surface area contributed by atoms with Gasteiger partial charge in [-0.3, -0.25) is 14.4 Å². The van der Waals surface area contributed by atoms with Crippen molar-refractivity contribution in [3.8, 4) is 0 Å². The zero-order chi connectivity index (χ0) is 27.7. The highest BCUT2D eigenvalue weighted by Crippen LogP contribution is 2.26. The van der Waals surface area contributed by atoms with E-state index in [0.717, 1.165) is 22.8 Å². The Morgan fingerprint density at radius 1 is 1.11 bits per heavy atom. The van der Waals surface area contributed by atoms with Gasteiger partial charge in [0.1, 0.15) is 12.1 Å². The van der Waals surface area contributed by atoms with Crippen LogP contribution in [0.15, 0.2) is 42.5 Å². The highest BCUT2D eigenvalue weighted by molar-refractivity contribution is 5.93. The van der Waals surface area contributed by atoms with E-state index in [1.54, 1.807) is 12.0 Å². The van der Waals surface area contributed by atoms with Gasteiger partial charge in [-0.25, -0.2) is 0 Å². The third kappa shape index (κ3) is 8.24. The van der Waals surface area contributed by atoms with Gasteiger partial charge in [-0.1, -0.05) is 63.2 Å². The molecule has 1 fully saturated rings. The Labute approximate surface area is 225 Å². The van der Waals surface area contributed by atoms with Crippen LogP contribution in [0.25, 0.3) is 10.8 Å². The predicted molar refractivity (Wildman–Crippen MR) is 148 cm³/mol. The second-order valence-corrected chi connectivity index (χ2v) is 10.9. The van der Waals surface area contributed by atoms with E-state index in [1.807, 2.05) is 63.2 Å². The molecule has 0 radical (unpaired) electrons. The van der Waals surface area contributed by atoms with Gasteiger partial charge in [0, 0.05) is 45.1 Å². The van der Waals surface area contributed by atoms with Crippen LogP contribution >= 0.6 is 0 Å². The molecule has 3 amide bonds. The Morgan fingerprint density at radius 3 is 2.55 bits per heavy atom. The van der Waals surface area contributed by atoms with E-state index in [1.165, 1.54) is 0 Å². The fourth-order valence-electron chi connectivity index (χ4n) is 4.65. The number of benzene rings is 2. The molecule has 1 aliphatic heterocycles. The molecular formula is C29H42N4O5. The molecule has 3 rings (SSSR count). The van der Waals surface area contributed by atoms with E-state index >= 15 is 0 Å². The number of hydrogen-bond acceptors (Lipinski definition) is 6. The molecule has 1 saturated heterocycles. The van der Waals surface area contributed by atoms with Crippen molar-refractivity contribution < 1.29 is 24.2 Å². The number of rotatable bonds is 12. The predicted octanol–water partition coefficient (Wildman–Crippen LogP) is 1.62. The minimum atomic E-state index is -0.857. The smallest absolute Gasteiger partial charge is 0.243 e. The molecule has 3 unspecified atom stereocenters. The Bertz CT molecular complexity index is 1100. The van der Waals surface area contributed by atoms with Crippen LogP contribution in [0.1, 0.15) is 39.2 Å². The number of likely N-dealkylation sites (tertiary alicyclic amines) is 1. The molecule has 0 aliphatic carbocycles. The van der Waals surface area contributed by atoms with E-state index in [9.17, 15) is 19.5 Å². The van der Waals surface area contributed by atoms with Crippen molar-refractivity contribution in [1.29, 1.82) is 0 Å². The summed E-state index contributed by atoms with van der Waals surface area (Å²) in [5.41, 5.74) is 0.304. The van der Waals surface area contributed by atoms with Crippen LogP contribution in [0.2, 0.25) is 0 Å². The summed E-state index contributed by atoms with van der Waals surface area (Å²) < 4.78 is 4.98. The molecular weight excluding hydrogens is 484 g/mol. The van der Waals surface area contributed by atoms with Crippen LogP contribution in [0, 0.1) is 5.41 Å². The summed E-state index contributed by atoms with van der Waals surface area (Å²) in [6, 6.07) is 12.5. The summed E-state index contributed by atoms with van der Waals surface area (Å²) in [5, 5.41) is 21.2. The van der Waals surface area contributed by atoms with Crippen LogP contribution in [0.5, 0.6) is 0 Å². The average molecular weight is 527 g/mol. The Kier molecular flexibility index (Phi) is 10.6. The molecule has 0 bridgehead atoms. The van der Waals surface area contributed by atoms with E-state index in [4.69, 9.17) is 4.74 Å². The molecule has 38 heavy (non-hydrogen) atoms. The average Bonchev–Trinajstić information content (AvgIpc) is 3.38. The topological polar surface area (TPSA) is 120 Å².